The molecule has 0 saturated heterocycles. The zero-order valence-corrected chi connectivity index (χ0v) is 12.4. The molecule has 2 unspecified atom stereocenters. The molecule has 1 heterocycles. The Kier molecular flexibility index (Phi) is 3.81. The predicted octanol–water partition coefficient (Wildman–Crippen LogP) is 4.30. The van der Waals surface area contributed by atoms with Gasteiger partial charge in [0.15, 0.2) is 0 Å². The first-order valence-electron chi connectivity index (χ1n) is 8.04. The smallest absolute Gasteiger partial charge is 0.203 e. The molecule has 0 aliphatic heterocycles. The molecule has 2 fully saturated rings. The van der Waals surface area contributed by atoms with Gasteiger partial charge in [-0.15, -0.1) is 0 Å². The number of hydrogen-bond acceptors (Lipinski definition) is 2. The molecular weight excluding hydrogens is 234 g/mol. The predicted molar refractivity (Wildman–Crippen MR) is 79.5 cm³/mol. The number of nitrogens with zero attached hydrogens (tertiary/aromatic N) is 2. The maximum absolute atomic E-state index is 4.73. The van der Waals surface area contributed by atoms with Crippen LogP contribution in [0.3, 0.4) is 0 Å². The normalized spacial score (nSPS) is 28.7. The van der Waals surface area contributed by atoms with Gasteiger partial charge in [0.1, 0.15) is 0 Å². The summed E-state index contributed by atoms with van der Waals surface area (Å²) in [5.41, 5.74) is 1.15. The topological polar surface area (TPSA) is 29.9 Å². The van der Waals surface area contributed by atoms with Crippen LogP contribution in [0.5, 0.6) is 0 Å². The summed E-state index contributed by atoms with van der Waals surface area (Å²) < 4.78 is 2.43. The average Bonchev–Trinajstić information content (AvgIpc) is 2.97. The molecule has 0 spiro atoms. The number of aromatic nitrogens is 2. The Morgan fingerprint density at radius 2 is 1.95 bits per heavy atom. The largest absolute Gasteiger partial charge is 0.353 e. The van der Waals surface area contributed by atoms with E-state index in [2.05, 4.69) is 29.9 Å². The molecule has 3 heteroatoms. The van der Waals surface area contributed by atoms with E-state index in [0.717, 1.165) is 17.6 Å². The van der Waals surface area contributed by atoms with Crippen LogP contribution in [-0.2, 0) is 0 Å². The average molecular weight is 261 g/mol. The lowest BCUT2D eigenvalue weighted by Crippen LogP contribution is -2.21. The lowest BCUT2D eigenvalue weighted by Gasteiger charge is -2.25. The standard InChI is InChI=1S/C16H27N3/c1-12-8-9-14(10-12)18-16-17-13(2)11-19(16)15-6-4-3-5-7-15/h11-12,14-15H,3-10H2,1-2H3,(H,17,18). The van der Waals surface area contributed by atoms with Crippen LogP contribution in [0.15, 0.2) is 6.20 Å². The van der Waals surface area contributed by atoms with E-state index in [1.54, 1.807) is 0 Å². The fourth-order valence-electron chi connectivity index (χ4n) is 3.78. The third-order valence-corrected chi connectivity index (χ3v) is 4.85. The van der Waals surface area contributed by atoms with Gasteiger partial charge in [-0.3, -0.25) is 0 Å². The van der Waals surface area contributed by atoms with E-state index in [-0.39, 0.29) is 0 Å². The van der Waals surface area contributed by atoms with Crippen molar-refractivity contribution < 1.29 is 0 Å². The second-order valence-electron chi connectivity index (χ2n) is 6.66. The molecule has 106 valence electrons. The van der Waals surface area contributed by atoms with Crippen molar-refractivity contribution in [2.24, 2.45) is 5.92 Å². The minimum absolute atomic E-state index is 0.638. The first-order chi connectivity index (χ1) is 9.22. The summed E-state index contributed by atoms with van der Waals surface area (Å²) in [6, 6.07) is 1.32. The van der Waals surface area contributed by atoms with Crippen LogP contribution < -0.4 is 5.32 Å². The molecule has 1 N–H and O–H groups in total. The van der Waals surface area contributed by atoms with Crippen LogP contribution in [-0.4, -0.2) is 15.6 Å². The highest BCUT2D eigenvalue weighted by atomic mass is 15.2. The maximum Gasteiger partial charge on any atom is 0.203 e. The molecule has 0 radical (unpaired) electrons. The van der Waals surface area contributed by atoms with Crippen molar-refractivity contribution in [1.29, 1.82) is 0 Å². The minimum atomic E-state index is 0.638. The molecule has 2 saturated carbocycles. The molecule has 2 atom stereocenters. The third kappa shape index (κ3) is 2.96. The van der Waals surface area contributed by atoms with Gasteiger partial charge in [-0.1, -0.05) is 26.2 Å². The molecule has 2 aliphatic rings. The van der Waals surface area contributed by atoms with Gasteiger partial charge in [-0.25, -0.2) is 4.98 Å². The van der Waals surface area contributed by atoms with Gasteiger partial charge >= 0.3 is 0 Å². The van der Waals surface area contributed by atoms with Crippen molar-refractivity contribution in [2.45, 2.75) is 77.3 Å². The van der Waals surface area contributed by atoms with Gasteiger partial charge in [0, 0.05) is 18.3 Å². The van der Waals surface area contributed by atoms with E-state index in [1.165, 1.54) is 51.4 Å². The van der Waals surface area contributed by atoms with Crippen LogP contribution in [0.25, 0.3) is 0 Å². The van der Waals surface area contributed by atoms with Crippen LogP contribution >= 0.6 is 0 Å². The van der Waals surface area contributed by atoms with Gasteiger partial charge in [-0.05, 0) is 44.9 Å². The number of hydrogen-bond donors (Lipinski definition) is 1. The Morgan fingerprint density at radius 3 is 2.63 bits per heavy atom. The van der Waals surface area contributed by atoms with Gasteiger partial charge in [0.05, 0.1) is 5.69 Å². The highest BCUT2D eigenvalue weighted by molar-refractivity contribution is 5.31. The summed E-state index contributed by atoms with van der Waals surface area (Å²) in [5, 5.41) is 3.71. The number of nitrogens with one attached hydrogen (secondary N) is 1. The van der Waals surface area contributed by atoms with Gasteiger partial charge in [0.2, 0.25) is 5.95 Å². The minimum Gasteiger partial charge on any atom is -0.353 e. The summed E-state index contributed by atoms with van der Waals surface area (Å²) in [6.45, 7) is 4.47. The Hall–Kier alpha value is -0.990. The Balaban J connectivity index is 1.73. The molecule has 2 aliphatic carbocycles. The Morgan fingerprint density at radius 1 is 1.16 bits per heavy atom. The van der Waals surface area contributed by atoms with Crippen molar-refractivity contribution in [3.05, 3.63) is 11.9 Å². The van der Waals surface area contributed by atoms with Crippen LogP contribution in [0.1, 0.15) is 70.0 Å². The monoisotopic (exact) mass is 261 g/mol. The van der Waals surface area contributed by atoms with E-state index in [0.29, 0.717) is 12.1 Å². The van der Waals surface area contributed by atoms with Crippen LogP contribution in [0.4, 0.5) is 5.95 Å². The SMILES string of the molecule is Cc1cn(C2CCCCC2)c(NC2CCC(C)C2)n1. The molecular formula is C16H27N3. The number of imidazole rings is 1. The second kappa shape index (κ2) is 5.56. The van der Waals surface area contributed by atoms with Crippen molar-refractivity contribution in [1.82, 2.24) is 9.55 Å². The molecule has 0 amide bonds. The molecule has 1 aromatic heterocycles. The van der Waals surface area contributed by atoms with Crippen molar-refractivity contribution in [2.75, 3.05) is 5.32 Å². The fraction of sp³-hybridized carbons (Fsp3) is 0.812. The highest BCUT2D eigenvalue weighted by Crippen LogP contribution is 2.32. The van der Waals surface area contributed by atoms with E-state index >= 15 is 0 Å². The van der Waals surface area contributed by atoms with E-state index in [4.69, 9.17) is 4.98 Å². The second-order valence-corrected chi connectivity index (χ2v) is 6.66. The van der Waals surface area contributed by atoms with Gasteiger partial charge in [0.25, 0.3) is 0 Å². The summed E-state index contributed by atoms with van der Waals surface area (Å²) in [4.78, 5) is 4.73. The zero-order chi connectivity index (χ0) is 13.2. The lowest BCUT2D eigenvalue weighted by molar-refractivity contribution is 0.355. The van der Waals surface area contributed by atoms with Crippen molar-refractivity contribution in [3.63, 3.8) is 0 Å². The molecule has 3 rings (SSSR count). The van der Waals surface area contributed by atoms with Crippen molar-refractivity contribution in [3.8, 4) is 0 Å². The first kappa shape index (κ1) is 13.0. The number of aryl methyl sites for hydroxylation is 1. The zero-order valence-electron chi connectivity index (χ0n) is 12.4. The Bertz CT molecular complexity index is 418. The molecule has 19 heavy (non-hydrogen) atoms. The number of anilines is 1. The summed E-state index contributed by atoms with van der Waals surface area (Å²) in [6.07, 6.45) is 13.0. The molecule has 0 bridgehead atoms. The van der Waals surface area contributed by atoms with Gasteiger partial charge < -0.3 is 9.88 Å². The van der Waals surface area contributed by atoms with Crippen molar-refractivity contribution >= 4 is 5.95 Å². The summed E-state index contributed by atoms with van der Waals surface area (Å²) >= 11 is 0. The first-order valence-corrected chi connectivity index (χ1v) is 8.04. The highest BCUT2D eigenvalue weighted by Gasteiger charge is 2.24. The molecule has 3 nitrogen and oxygen atoms in total. The van der Waals surface area contributed by atoms with E-state index in [9.17, 15) is 0 Å². The van der Waals surface area contributed by atoms with Crippen LogP contribution in [0, 0.1) is 12.8 Å². The third-order valence-electron chi connectivity index (χ3n) is 4.85. The summed E-state index contributed by atoms with van der Waals surface area (Å²) in [5.74, 6) is 2.00. The fourth-order valence-corrected chi connectivity index (χ4v) is 3.78. The molecule has 0 aromatic carbocycles. The Labute approximate surface area is 116 Å². The lowest BCUT2D eigenvalue weighted by atomic mass is 9.95. The van der Waals surface area contributed by atoms with E-state index < -0.39 is 0 Å². The maximum atomic E-state index is 4.73. The molecule has 1 aromatic rings. The summed E-state index contributed by atoms with van der Waals surface area (Å²) in [7, 11) is 0. The van der Waals surface area contributed by atoms with Crippen LogP contribution in [0.2, 0.25) is 0 Å². The number of rotatable bonds is 3. The van der Waals surface area contributed by atoms with Gasteiger partial charge in [-0.2, -0.15) is 0 Å². The van der Waals surface area contributed by atoms with E-state index in [1.807, 2.05) is 0 Å². The quantitative estimate of drug-likeness (QED) is 0.879.